The molecular formula is C17H20N2O. The van der Waals surface area contributed by atoms with Gasteiger partial charge in [-0.1, -0.05) is 50.2 Å². The second kappa shape index (κ2) is 6.24. The Morgan fingerprint density at radius 1 is 1.15 bits per heavy atom. The third-order valence-corrected chi connectivity index (χ3v) is 3.20. The van der Waals surface area contributed by atoms with Crippen LogP contribution in [0.15, 0.2) is 48.5 Å². The lowest BCUT2D eigenvalue weighted by Gasteiger charge is -2.09. The first-order valence-electron chi connectivity index (χ1n) is 6.72. The molecule has 2 rings (SSSR count). The van der Waals surface area contributed by atoms with Crippen LogP contribution in [0.2, 0.25) is 0 Å². The smallest absolute Gasteiger partial charge is 0.122 e. The molecule has 0 aliphatic heterocycles. The minimum Gasteiger partial charge on any atom is -0.489 e. The maximum Gasteiger partial charge on any atom is 0.122 e. The van der Waals surface area contributed by atoms with Crippen molar-refractivity contribution >= 4 is 5.84 Å². The van der Waals surface area contributed by atoms with E-state index in [1.54, 1.807) is 12.1 Å². The highest BCUT2D eigenvalue weighted by atomic mass is 16.5. The predicted molar refractivity (Wildman–Crippen MR) is 82.3 cm³/mol. The quantitative estimate of drug-likeness (QED) is 0.642. The van der Waals surface area contributed by atoms with Gasteiger partial charge < -0.3 is 10.5 Å². The van der Waals surface area contributed by atoms with E-state index in [0.717, 1.165) is 11.3 Å². The van der Waals surface area contributed by atoms with Gasteiger partial charge in [0.15, 0.2) is 0 Å². The fraction of sp³-hybridized carbons (Fsp3) is 0.235. The van der Waals surface area contributed by atoms with E-state index in [1.165, 1.54) is 5.56 Å². The molecule has 0 saturated carbocycles. The van der Waals surface area contributed by atoms with Crippen LogP contribution < -0.4 is 10.5 Å². The van der Waals surface area contributed by atoms with E-state index < -0.39 is 0 Å². The summed E-state index contributed by atoms with van der Waals surface area (Å²) in [4.78, 5) is 0. The second-order valence-electron chi connectivity index (χ2n) is 5.13. The molecule has 2 aromatic rings. The zero-order chi connectivity index (χ0) is 14.5. The van der Waals surface area contributed by atoms with Crippen molar-refractivity contribution in [2.45, 2.75) is 26.4 Å². The minimum absolute atomic E-state index is 0.0525. The average molecular weight is 268 g/mol. The number of amidine groups is 1. The van der Waals surface area contributed by atoms with Crippen LogP contribution in [0.1, 0.15) is 36.5 Å². The summed E-state index contributed by atoms with van der Waals surface area (Å²) in [7, 11) is 0. The van der Waals surface area contributed by atoms with Gasteiger partial charge in [0.1, 0.15) is 18.2 Å². The van der Waals surface area contributed by atoms with Crippen molar-refractivity contribution in [2.75, 3.05) is 0 Å². The number of hydrogen-bond acceptors (Lipinski definition) is 2. The molecule has 20 heavy (non-hydrogen) atoms. The molecule has 0 heterocycles. The van der Waals surface area contributed by atoms with E-state index in [2.05, 4.69) is 38.1 Å². The largest absolute Gasteiger partial charge is 0.489 e. The van der Waals surface area contributed by atoms with Gasteiger partial charge in [0, 0.05) is 5.56 Å². The number of ether oxygens (including phenoxy) is 1. The van der Waals surface area contributed by atoms with Gasteiger partial charge in [0.25, 0.3) is 0 Å². The molecule has 3 heteroatoms. The third-order valence-electron chi connectivity index (χ3n) is 3.20. The molecule has 2 aromatic carbocycles. The first-order chi connectivity index (χ1) is 9.56. The third kappa shape index (κ3) is 3.60. The highest BCUT2D eigenvalue weighted by Crippen LogP contribution is 2.17. The van der Waals surface area contributed by atoms with Crippen molar-refractivity contribution in [1.29, 1.82) is 5.41 Å². The Labute approximate surface area is 119 Å². The number of benzene rings is 2. The highest BCUT2D eigenvalue weighted by Gasteiger charge is 2.02. The number of nitrogens with one attached hydrogen (secondary N) is 1. The Hall–Kier alpha value is -2.29. The molecule has 104 valence electrons. The lowest BCUT2D eigenvalue weighted by molar-refractivity contribution is 0.306. The van der Waals surface area contributed by atoms with E-state index >= 15 is 0 Å². The van der Waals surface area contributed by atoms with E-state index in [0.29, 0.717) is 18.1 Å². The molecule has 0 aliphatic rings. The number of nitrogen functional groups attached to an aromatic ring is 1. The minimum atomic E-state index is 0.0525. The van der Waals surface area contributed by atoms with Crippen LogP contribution in [-0.4, -0.2) is 5.84 Å². The molecule has 0 unspecified atom stereocenters. The maximum atomic E-state index is 7.41. The van der Waals surface area contributed by atoms with Crippen LogP contribution in [0.3, 0.4) is 0 Å². The highest BCUT2D eigenvalue weighted by molar-refractivity contribution is 5.95. The summed E-state index contributed by atoms with van der Waals surface area (Å²) in [5, 5.41) is 7.41. The summed E-state index contributed by atoms with van der Waals surface area (Å²) in [5.41, 5.74) is 8.59. The Morgan fingerprint density at radius 3 is 2.45 bits per heavy atom. The summed E-state index contributed by atoms with van der Waals surface area (Å²) in [6, 6.07) is 15.7. The Bertz CT molecular complexity index is 588. The zero-order valence-electron chi connectivity index (χ0n) is 11.9. The summed E-state index contributed by atoms with van der Waals surface area (Å²) in [6.07, 6.45) is 0. The SMILES string of the molecule is CC(C)c1ccc(COc2cccc(C(=N)N)c2)cc1. The van der Waals surface area contributed by atoms with Gasteiger partial charge in [-0.25, -0.2) is 0 Å². The van der Waals surface area contributed by atoms with Crippen molar-refractivity contribution in [2.24, 2.45) is 5.73 Å². The van der Waals surface area contributed by atoms with Gasteiger partial charge in [-0.3, -0.25) is 5.41 Å². The molecule has 0 spiro atoms. The Morgan fingerprint density at radius 2 is 1.85 bits per heavy atom. The molecule has 3 nitrogen and oxygen atoms in total. The molecule has 0 aliphatic carbocycles. The monoisotopic (exact) mass is 268 g/mol. The average Bonchev–Trinajstić information content (AvgIpc) is 2.46. The van der Waals surface area contributed by atoms with E-state index in [-0.39, 0.29) is 5.84 Å². The number of rotatable bonds is 5. The lowest BCUT2D eigenvalue weighted by atomic mass is 10.0. The molecule has 0 saturated heterocycles. The van der Waals surface area contributed by atoms with Crippen LogP contribution in [0.5, 0.6) is 5.75 Å². The normalized spacial score (nSPS) is 10.6. The predicted octanol–water partition coefficient (Wildman–Crippen LogP) is 3.67. The van der Waals surface area contributed by atoms with Crippen LogP contribution in [0, 0.1) is 5.41 Å². The number of hydrogen-bond donors (Lipinski definition) is 2. The van der Waals surface area contributed by atoms with Crippen LogP contribution in [-0.2, 0) is 6.61 Å². The maximum absolute atomic E-state index is 7.41. The summed E-state index contributed by atoms with van der Waals surface area (Å²) in [5.74, 6) is 1.32. The molecule has 0 fully saturated rings. The van der Waals surface area contributed by atoms with Crippen LogP contribution >= 0.6 is 0 Å². The molecule has 3 N–H and O–H groups in total. The van der Waals surface area contributed by atoms with Gasteiger partial charge in [-0.05, 0) is 29.2 Å². The lowest BCUT2D eigenvalue weighted by Crippen LogP contribution is -2.10. The summed E-state index contributed by atoms with van der Waals surface area (Å²) >= 11 is 0. The zero-order valence-corrected chi connectivity index (χ0v) is 11.9. The van der Waals surface area contributed by atoms with Crippen molar-refractivity contribution in [3.8, 4) is 5.75 Å². The molecule has 0 bridgehead atoms. The molecule has 0 aromatic heterocycles. The summed E-state index contributed by atoms with van der Waals surface area (Å²) in [6.45, 7) is 4.87. The van der Waals surface area contributed by atoms with Crippen molar-refractivity contribution in [1.82, 2.24) is 0 Å². The van der Waals surface area contributed by atoms with Crippen molar-refractivity contribution in [3.63, 3.8) is 0 Å². The second-order valence-corrected chi connectivity index (χ2v) is 5.13. The summed E-state index contributed by atoms with van der Waals surface area (Å²) < 4.78 is 5.73. The van der Waals surface area contributed by atoms with Crippen molar-refractivity contribution < 1.29 is 4.74 Å². The first-order valence-corrected chi connectivity index (χ1v) is 6.72. The molecular weight excluding hydrogens is 248 g/mol. The van der Waals surface area contributed by atoms with Gasteiger partial charge in [0.05, 0.1) is 0 Å². The topological polar surface area (TPSA) is 59.1 Å². The number of nitrogens with two attached hydrogens (primary N) is 1. The Balaban J connectivity index is 2.01. The van der Waals surface area contributed by atoms with Gasteiger partial charge >= 0.3 is 0 Å². The molecule has 0 atom stereocenters. The van der Waals surface area contributed by atoms with Crippen LogP contribution in [0.25, 0.3) is 0 Å². The molecule has 0 radical (unpaired) electrons. The van der Waals surface area contributed by atoms with Gasteiger partial charge in [-0.2, -0.15) is 0 Å². The van der Waals surface area contributed by atoms with Gasteiger partial charge in [-0.15, -0.1) is 0 Å². The van der Waals surface area contributed by atoms with E-state index in [9.17, 15) is 0 Å². The fourth-order valence-electron chi connectivity index (χ4n) is 1.92. The fourth-order valence-corrected chi connectivity index (χ4v) is 1.92. The van der Waals surface area contributed by atoms with Crippen LogP contribution in [0.4, 0.5) is 0 Å². The van der Waals surface area contributed by atoms with E-state index in [4.69, 9.17) is 15.9 Å². The Kier molecular flexibility index (Phi) is 4.41. The molecule has 0 amide bonds. The van der Waals surface area contributed by atoms with E-state index in [1.807, 2.05) is 12.1 Å². The van der Waals surface area contributed by atoms with Crippen molar-refractivity contribution in [3.05, 3.63) is 65.2 Å². The standard InChI is InChI=1S/C17H20N2O/c1-12(2)14-8-6-13(7-9-14)11-20-16-5-3-4-15(10-16)17(18)19/h3-10,12H,11H2,1-2H3,(H3,18,19). The first kappa shape index (κ1) is 14.1. The van der Waals surface area contributed by atoms with Gasteiger partial charge in [0.2, 0.25) is 0 Å².